The summed E-state index contributed by atoms with van der Waals surface area (Å²) < 4.78 is 30.1. The van der Waals surface area contributed by atoms with Crippen LogP contribution in [0.2, 0.25) is 0 Å². The van der Waals surface area contributed by atoms with Gasteiger partial charge in [0.25, 0.3) is 0 Å². The molecule has 0 aliphatic carbocycles. The Morgan fingerprint density at radius 2 is 1.57 bits per heavy atom. The van der Waals surface area contributed by atoms with Gasteiger partial charge in [0.15, 0.2) is 11.5 Å². The highest BCUT2D eigenvalue weighted by Gasteiger charge is 2.34. The molecule has 0 fully saturated rings. The molecule has 1 aliphatic rings. The third kappa shape index (κ3) is 4.05. The first-order valence-electron chi connectivity index (χ1n) is 11.4. The quantitative estimate of drug-likeness (QED) is 0.342. The summed E-state index contributed by atoms with van der Waals surface area (Å²) in [5.41, 5.74) is 3.69. The first-order valence-corrected chi connectivity index (χ1v) is 11.4. The van der Waals surface area contributed by atoms with Gasteiger partial charge >= 0.3 is 0 Å². The van der Waals surface area contributed by atoms with Gasteiger partial charge in [-0.2, -0.15) is 0 Å². The Labute approximate surface area is 203 Å². The summed E-state index contributed by atoms with van der Waals surface area (Å²) in [6.45, 7) is 0.367. The molecule has 1 heterocycles. The standard InChI is InChI=1S/C29H26FNO4/c1-33-25-14-20(15-26(34-2)29(25)35-3)23-16-27(32)31(17-18-8-11-21(30)12-9-18)24-13-10-19-6-4-5-7-22(19)28(23)24/h4-15,23H,16-17H2,1-3H3. The van der Waals surface area contributed by atoms with Crippen LogP contribution in [0, 0.1) is 5.82 Å². The second-order valence-corrected chi connectivity index (χ2v) is 8.54. The molecule has 178 valence electrons. The molecule has 1 amide bonds. The number of hydrogen-bond acceptors (Lipinski definition) is 4. The van der Waals surface area contributed by atoms with Crippen LogP contribution in [0.25, 0.3) is 10.8 Å². The number of fused-ring (bicyclic) bond motifs is 3. The Hall–Kier alpha value is -4.06. The highest BCUT2D eigenvalue weighted by atomic mass is 19.1. The van der Waals surface area contributed by atoms with Crippen LogP contribution in [-0.2, 0) is 11.3 Å². The lowest BCUT2D eigenvalue weighted by molar-refractivity contribution is -0.119. The summed E-state index contributed by atoms with van der Waals surface area (Å²) in [5, 5.41) is 2.18. The van der Waals surface area contributed by atoms with Gasteiger partial charge in [0.1, 0.15) is 5.82 Å². The lowest BCUT2D eigenvalue weighted by atomic mass is 9.81. The Morgan fingerprint density at radius 3 is 2.23 bits per heavy atom. The number of nitrogens with zero attached hydrogens (tertiary/aromatic N) is 1. The van der Waals surface area contributed by atoms with E-state index in [-0.39, 0.29) is 24.1 Å². The van der Waals surface area contributed by atoms with Crippen molar-refractivity contribution in [2.24, 2.45) is 0 Å². The number of hydrogen-bond donors (Lipinski definition) is 0. The number of carbonyl (C=O) groups is 1. The molecule has 4 aromatic carbocycles. The van der Waals surface area contributed by atoms with Crippen molar-refractivity contribution >= 4 is 22.4 Å². The second kappa shape index (κ2) is 9.29. The maximum absolute atomic E-state index is 13.5. The molecule has 5 rings (SSSR count). The van der Waals surface area contributed by atoms with E-state index in [4.69, 9.17) is 14.2 Å². The normalized spacial score (nSPS) is 15.1. The number of carbonyl (C=O) groups excluding carboxylic acids is 1. The van der Waals surface area contributed by atoms with Crippen molar-refractivity contribution in [1.82, 2.24) is 0 Å². The molecule has 0 radical (unpaired) electrons. The fraction of sp³-hybridized carbons (Fsp3) is 0.207. The average Bonchev–Trinajstić information content (AvgIpc) is 2.89. The van der Waals surface area contributed by atoms with E-state index in [1.165, 1.54) is 12.1 Å². The molecule has 5 nitrogen and oxygen atoms in total. The SMILES string of the molecule is COc1cc(C2CC(=O)N(Cc3ccc(F)cc3)c3ccc4ccccc4c32)cc(OC)c1OC. The Morgan fingerprint density at radius 1 is 0.886 bits per heavy atom. The fourth-order valence-electron chi connectivity index (χ4n) is 4.94. The number of methoxy groups -OCH3 is 3. The van der Waals surface area contributed by atoms with Gasteiger partial charge in [-0.1, -0.05) is 42.5 Å². The van der Waals surface area contributed by atoms with E-state index >= 15 is 0 Å². The molecule has 0 saturated heterocycles. The maximum atomic E-state index is 13.5. The molecular weight excluding hydrogens is 445 g/mol. The Balaban J connectivity index is 1.69. The van der Waals surface area contributed by atoms with E-state index in [9.17, 15) is 9.18 Å². The maximum Gasteiger partial charge on any atom is 0.228 e. The fourth-order valence-corrected chi connectivity index (χ4v) is 4.94. The molecule has 0 saturated carbocycles. The Kier molecular flexibility index (Phi) is 6.03. The van der Waals surface area contributed by atoms with E-state index in [1.807, 2.05) is 36.4 Å². The van der Waals surface area contributed by atoms with Crippen LogP contribution in [0.15, 0.2) is 72.8 Å². The number of rotatable bonds is 6. The van der Waals surface area contributed by atoms with Gasteiger partial charge in [0, 0.05) is 18.0 Å². The minimum absolute atomic E-state index is 0.00384. The summed E-state index contributed by atoms with van der Waals surface area (Å²) in [5.74, 6) is 1.09. The molecule has 1 aliphatic heterocycles. The first kappa shape index (κ1) is 22.7. The molecule has 1 unspecified atom stereocenters. The van der Waals surface area contributed by atoms with Crippen LogP contribution < -0.4 is 19.1 Å². The van der Waals surface area contributed by atoms with Crippen LogP contribution in [0.4, 0.5) is 10.1 Å². The zero-order valence-corrected chi connectivity index (χ0v) is 19.9. The zero-order chi connectivity index (χ0) is 24.5. The van der Waals surface area contributed by atoms with Crippen LogP contribution in [0.1, 0.15) is 29.0 Å². The van der Waals surface area contributed by atoms with Crippen molar-refractivity contribution < 1.29 is 23.4 Å². The molecule has 0 N–H and O–H groups in total. The topological polar surface area (TPSA) is 48.0 Å². The van der Waals surface area contributed by atoms with Crippen LogP contribution in [0.3, 0.4) is 0 Å². The van der Waals surface area contributed by atoms with Gasteiger partial charge in [-0.25, -0.2) is 4.39 Å². The Bertz CT molecular complexity index is 1370. The van der Waals surface area contributed by atoms with Gasteiger partial charge in [-0.3, -0.25) is 4.79 Å². The molecular formula is C29H26FNO4. The first-order chi connectivity index (χ1) is 17.0. The van der Waals surface area contributed by atoms with Crippen molar-refractivity contribution in [3.8, 4) is 17.2 Å². The van der Waals surface area contributed by atoms with Crippen LogP contribution >= 0.6 is 0 Å². The predicted octanol–water partition coefficient (Wildman–Crippen LogP) is 6.07. The van der Waals surface area contributed by atoms with Gasteiger partial charge in [-0.15, -0.1) is 0 Å². The number of ether oxygens (including phenoxy) is 3. The van der Waals surface area contributed by atoms with Gasteiger partial charge < -0.3 is 19.1 Å². The number of anilines is 1. The predicted molar refractivity (Wildman–Crippen MR) is 134 cm³/mol. The third-order valence-corrected chi connectivity index (χ3v) is 6.61. The van der Waals surface area contributed by atoms with Gasteiger partial charge in [-0.05, 0) is 57.8 Å². The smallest absolute Gasteiger partial charge is 0.228 e. The molecule has 0 aromatic heterocycles. The molecule has 35 heavy (non-hydrogen) atoms. The van der Waals surface area contributed by atoms with E-state index in [2.05, 4.69) is 12.1 Å². The largest absolute Gasteiger partial charge is 0.493 e. The minimum atomic E-state index is -0.299. The average molecular weight is 472 g/mol. The number of halogens is 1. The van der Waals surface area contributed by atoms with Crippen molar-refractivity contribution in [2.45, 2.75) is 18.9 Å². The van der Waals surface area contributed by atoms with Crippen molar-refractivity contribution in [3.63, 3.8) is 0 Å². The third-order valence-electron chi connectivity index (χ3n) is 6.61. The van der Waals surface area contributed by atoms with Crippen LogP contribution in [-0.4, -0.2) is 27.2 Å². The summed E-state index contributed by atoms with van der Waals surface area (Å²) in [6, 6.07) is 22.3. The molecule has 6 heteroatoms. The molecule has 4 aromatic rings. The lowest BCUT2D eigenvalue weighted by Gasteiger charge is -2.35. The van der Waals surface area contributed by atoms with Crippen LogP contribution in [0.5, 0.6) is 17.2 Å². The lowest BCUT2D eigenvalue weighted by Crippen LogP contribution is -2.36. The van der Waals surface area contributed by atoms with E-state index in [1.54, 1.807) is 38.4 Å². The van der Waals surface area contributed by atoms with E-state index in [0.29, 0.717) is 23.8 Å². The van der Waals surface area contributed by atoms with Crippen molar-refractivity contribution in [2.75, 3.05) is 26.2 Å². The zero-order valence-electron chi connectivity index (χ0n) is 19.9. The second-order valence-electron chi connectivity index (χ2n) is 8.54. The highest BCUT2D eigenvalue weighted by Crippen LogP contribution is 2.48. The van der Waals surface area contributed by atoms with E-state index < -0.39 is 0 Å². The summed E-state index contributed by atoms with van der Waals surface area (Å²) in [7, 11) is 4.74. The summed E-state index contributed by atoms with van der Waals surface area (Å²) in [6.07, 6.45) is 0.279. The molecule has 0 spiro atoms. The summed E-state index contributed by atoms with van der Waals surface area (Å²) >= 11 is 0. The molecule has 0 bridgehead atoms. The highest BCUT2D eigenvalue weighted by molar-refractivity contribution is 6.03. The number of amides is 1. The van der Waals surface area contributed by atoms with E-state index in [0.717, 1.165) is 33.2 Å². The number of benzene rings is 4. The van der Waals surface area contributed by atoms with Gasteiger partial charge in [0.2, 0.25) is 11.7 Å². The molecule has 1 atom stereocenters. The minimum Gasteiger partial charge on any atom is -0.493 e. The monoisotopic (exact) mass is 471 g/mol. The van der Waals surface area contributed by atoms with Gasteiger partial charge in [0.05, 0.1) is 27.9 Å². The summed E-state index contributed by atoms with van der Waals surface area (Å²) in [4.78, 5) is 15.3. The van der Waals surface area contributed by atoms with Crippen molar-refractivity contribution in [1.29, 1.82) is 0 Å². The van der Waals surface area contributed by atoms with Crippen molar-refractivity contribution in [3.05, 3.63) is 95.3 Å².